The molecule has 234 valence electrons. The second-order valence-electron chi connectivity index (χ2n) is 12.4. The fourth-order valence-electron chi connectivity index (χ4n) is 8.55. The van der Waals surface area contributed by atoms with Crippen molar-refractivity contribution in [2.24, 2.45) is 28.6 Å². The number of aliphatic hydroxyl groups is 1. The Labute approximate surface area is 251 Å². The second kappa shape index (κ2) is 12.3. The van der Waals surface area contributed by atoms with Crippen LogP contribution in [0.25, 0.3) is 0 Å². The monoisotopic (exact) mass is 613 g/mol. The van der Waals surface area contributed by atoms with Crippen LogP contribution in [0, 0.1) is 28.6 Å². The molecule has 5 rings (SSSR count). The molecule has 8 atom stereocenters. The number of esters is 1. The summed E-state index contributed by atoms with van der Waals surface area (Å²) in [4.78, 5) is 53.2. The predicted octanol–water partition coefficient (Wildman–Crippen LogP) is 2.99. The lowest BCUT2D eigenvalue weighted by molar-refractivity contribution is -0.187. The van der Waals surface area contributed by atoms with Crippen LogP contribution in [0.1, 0.15) is 46.5 Å². The summed E-state index contributed by atoms with van der Waals surface area (Å²) in [6, 6.07) is 0. The fourth-order valence-corrected chi connectivity index (χ4v) is 8.55. The van der Waals surface area contributed by atoms with Gasteiger partial charge in [-0.3, -0.25) is 19.3 Å². The van der Waals surface area contributed by atoms with E-state index in [9.17, 15) is 24.3 Å². The van der Waals surface area contributed by atoms with Crippen molar-refractivity contribution in [1.29, 1.82) is 0 Å². The third-order valence-corrected chi connectivity index (χ3v) is 10.4. The minimum Gasteiger partial charge on any atom is -0.457 e. The first-order valence-electron chi connectivity index (χ1n) is 14.6. The van der Waals surface area contributed by atoms with Gasteiger partial charge in [0.05, 0.1) is 32.5 Å². The van der Waals surface area contributed by atoms with E-state index in [1.54, 1.807) is 19.9 Å². The van der Waals surface area contributed by atoms with Crippen molar-refractivity contribution in [2.75, 3.05) is 46.1 Å². The summed E-state index contributed by atoms with van der Waals surface area (Å²) >= 11 is 0. The third-order valence-electron chi connectivity index (χ3n) is 10.4. The number of morpholine rings is 1. The number of carbonyl (C=O) groups excluding carboxylic acids is 4. The Hall–Kier alpha value is -2.34. The van der Waals surface area contributed by atoms with Gasteiger partial charge in [-0.05, 0) is 62.2 Å². The van der Waals surface area contributed by atoms with Gasteiger partial charge in [0.25, 0.3) is 0 Å². The number of hydrogen-bond acceptors (Lipinski definition) is 10. The minimum atomic E-state index is -1.73. The lowest BCUT2D eigenvalue weighted by Gasteiger charge is -2.60. The Bertz CT molecular complexity index is 1160. The number of nitrogens with zero attached hydrogens (tertiary/aromatic N) is 1. The average Bonchev–Trinajstić information content (AvgIpc) is 3.21. The highest BCUT2D eigenvalue weighted by Crippen LogP contribution is 2.68. The van der Waals surface area contributed by atoms with Gasteiger partial charge in [-0.25, -0.2) is 9.18 Å². The first kappa shape index (κ1) is 32.6. The third kappa shape index (κ3) is 5.42. The Morgan fingerprint density at radius 3 is 2.60 bits per heavy atom. The van der Waals surface area contributed by atoms with E-state index >= 15 is 4.39 Å². The number of ether oxygens (including phenoxy) is 4. The smallest absolute Gasteiger partial charge is 0.457 e. The Morgan fingerprint density at radius 2 is 1.90 bits per heavy atom. The normalized spacial score (nSPS) is 39.1. The molecule has 1 saturated heterocycles. The standard InChI is InChI=1S/C30H40FNO9.ClH/c1-4-39-27(37)41-30(24(35)17-40-25(36)16-32-9-11-38-12-10-32)8-6-20-19-14-22(31)21-13-18(33)5-7-28(21,2)26(19)23(34)15-29(20,30)3;/h5,7,13,19-20,22-23,26,34H,4,6,8-12,14-17H2,1-3H3;1H/t19-,20-,22-,23?,26+,28-,29-,30-;/m0./s1. The molecule has 0 amide bonds. The number of alkyl halides is 1. The molecule has 4 fully saturated rings. The van der Waals surface area contributed by atoms with Crippen LogP contribution in [-0.2, 0) is 33.3 Å². The first-order chi connectivity index (χ1) is 19.4. The molecule has 1 aliphatic heterocycles. The van der Waals surface area contributed by atoms with Gasteiger partial charge in [0, 0.05) is 29.8 Å². The molecule has 42 heavy (non-hydrogen) atoms. The maximum Gasteiger partial charge on any atom is 0.509 e. The second-order valence-corrected chi connectivity index (χ2v) is 12.4. The molecule has 0 aromatic heterocycles. The van der Waals surface area contributed by atoms with Crippen LogP contribution in [0.2, 0.25) is 0 Å². The van der Waals surface area contributed by atoms with Crippen LogP contribution in [0.15, 0.2) is 23.8 Å². The summed E-state index contributed by atoms with van der Waals surface area (Å²) in [6.07, 6.45) is 1.87. The van der Waals surface area contributed by atoms with Crippen molar-refractivity contribution in [3.63, 3.8) is 0 Å². The zero-order valence-corrected chi connectivity index (χ0v) is 25.2. The van der Waals surface area contributed by atoms with Gasteiger partial charge in [0.2, 0.25) is 5.78 Å². The maximum atomic E-state index is 15.7. The molecule has 4 aliphatic carbocycles. The molecule has 0 aromatic carbocycles. The van der Waals surface area contributed by atoms with Crippen LogP contribution < -0.4 is 0 Å². The predicted molar refractivity (Wildman–Crippen MR) is 150 cm³/mol. The van der Waals surface area contributed by atoms with Crippen molar-refractivity contribution in [3.8, 4) is 0 Å². The van der Waals surface area contributed by atoms with Crippen LogP contribution in [0.5, 0.6) is 0 Å². The van der Waals surface area contributed by atoms with Gasteiger partial charge in [-0.2, -0.15) is 0 Å². The summed E-state index contributed by atoms with van der Waals surface area (Å²) in [6.45, 7) is 6.89. The van der Waals surface area contributed by atoms with Crippen molar-refractivity contribution < 1.29 is 47.6 Å². The van der Waals surface area contributed by atoms with Crippen LogP contribution in [-0.4, -0.2) is 97.6 Å². The summed E-state index contributed by atoms with van der Waals surface area (Å²) in [5, 5.41) is 11.7. The molecular weight excluding hydrogens is 573 g/mol. The molecule has 3 saturated carbocycles. The van der Waals surface area contributed by atoms with E-state index in [0.717, 1.165) is 0 Å². The van der Waals surface area contributed by atoms with Crippen LogP contribution in [0.3, 0.4) is 0 Å². The largest absolute Gasteiger partial charge is 0.509 e. The van der Waals surface area contributed by atoms with E-state index in [4.69, 9.17) is 18.9 Å². The highest BCUT2D eigenvalue weighted by molar-refractivity contribution is 6.01. The molecule has 12 heteroatoms. The van der Waals surface area contributed by atoms with Crippen molar-refractivity contribution in [1.82, 2.24) is 4.90 Å². The van der Waals surface area contributed by atoms with Gasteiger partial charge in [0.1, 0.15) is 6.17 Å². The fraction of sp³-hybridized carbons (Fsp3) is 0.733. The van der Waals surface area contributed by atoms with E-state index in [2.05, 4.69) is 0 Å². The van der Waals surface area contributed by atoms with E-state index in [1.165, 1.54) is 12.2 Å². The number of carbonyl (C=O) groups is 4. The van der Waals surface area contributed by atoms with Gasteiger partial charge in [-0.1, -0.05) is 19.9 Å². The summed E-state index contributed by atoms with van der Waals surface area (Å²) < 4.78 is 37.3. The van der Waals surface area contributed by atoms with Crippen molar-refractivity contribution in [3.05, 3.63) is 23.8 Å². The first-order valence-corrected chi connectivity index (χ1v) is 14.6. The molecule has 0 aromatic rings. The van der Waals surface area contributed by atoms with Crippen molar-refractivity contribution in [2.45, 2.75) is 64.3 Å². The average molecular weight is 614 g/mol. The summed E-state index contributed by atoms with van der Waals surface area (Å²) in [5.41, 5.74) is -3.27. The number of fused-ring (bicyclic) bond motifs is 5. The molecule has 5 aliphatic rings. The number of halogens is 2. The van der Waals surface area contributed by atoms with E-state index in [1.807, 2.05) is 11.8 Å². The van der Waals surface area contributed by atoms with Gasteiger partial charge >= 0.3 is 12.1 Å². The molecule has 1 heterocycles. The Balaban J connectivity index is 0.00000405. The molecular formula is C30H41ClFNO9. The highest BCUT2D eigenvalue weighted by Gasteiger charge is 2.71. The SMILES string of the molecule is CCOC(=O)O[C@]1(C(=O)COC(=O)CN2CCOCC2)CC[C@H]2[C@@H]3C[C@H](F)C4=CC(=O)C=C[C@]4(C)[C@H]3C(O)C[C@@]21C.Cl. The number of rotatable bonds is 7. The number of hydrogen-bond donors (Lipinski definition) is 1. The Kier molecular flexibility index (Phi) is 9.57. The molecule has 0 bridgehead atoms. The minimum absolute atomic E-state index is 0. The van der Waals surface area contributed by atoms with E-state index < -0.39 is 53.2 Å². The number of Topliss-reactive ketones (excluding diaryl/α,β-unsaturated/α-hetero) is 1. The lowest BCUT2D eigenvalue weighted by Crippen LogP contribution is -2.64. The Morgan fingerprint density at radius 1 is 1.19 bits per heavy atom. The summed E-state index contributed by atoms with van der Waals surface area (Å²) in [5.74, 6) is -2.44. The molecule has 1 unspecified atom stereocenters. The number of ketones is 2. The van der Waals surface area contributed by atoms with E-state index in [0.29, 0.717) is 38.3 Å². The zero-order chi connectivity index (χ0) is 29.6. The van der Waals surface area contributed by atoms with Gasteiger partial charge in [-0.15, -0.1) is 12.4 Å². The summed E-state index contributed by atoms with van der Waals surface area (Å²) in [7, 11) is 0. The number of aliphatic hydroxyl groups excluding tert-OH is 1. The molecule has 10 nitrogen and oxygen atoms in total. The molecule has 0 spiro atoms. The molecule has 0 radical (unpaired) electrons. The van der Waals surface area contributed by atoms with Gasteiger partial charge in [0.15, 0.2) is 18.0 Å². The molecule has 1 N–H and O–H groups in total. The lowest BCUT2D eigenvalue weighted by atomic mass is 9.46. The van der Waals surface area contributed by atoms with Crippen molar-refractivity contribution >= 4 is 36.1 Å². The maximum absolute atomic E-state index is 15.7. The number of allylic oxidation sites excluding steroid dienone is 4. The zero-order valence-electron chi connectivity index (χ0n) is 24.3. The van der Waals surface area contributed by atoms with Gasteiger partial charge < -0.3 is 24.1 Å². The highest BCUT2D eigenvalue weighted by atomic mass is 35.5. The van der Waals surface area contributed by atoms with E-state index in [-0.39, 0.29) is 68.4 Å². The topological polar surface area (TPSA) is 129 Å². The van der Waals surface area contributed by atoms with Crippen LogP contribution in [0.4, 0.5) is 9.18 Å². The quantitative estimate of drug-likeness (QED) is 0.428. The van der Waals surface area contributed by atoms with Crippen LogP contribution >= 0.6 is 12.4 Å².